The number of aliphatic hydroxyl groups is 1. The molecule has 1 rings (SSSR count). The Labute approximate surface area is 113 Å². The molecule has 0 bridgehead atoms. The summed E-state index contributed by atoms with van der Waals surface area (Å²) in [7, 11) is -5.35. The smallest absolute Gasteiger partial charge is 0.396 e. The summed E-state index contributed by atoms with van der Waals surface area (Å²) in [6.07, 6.45) is 0. The second-order valence-corrected chi connectivity index (χ2v) is 6.97. The zero-order valence-electron chi connectivity index (χ0n) is 10.0. The first-order valence-corrected chi connectivity index (χ1v) is 7.81. The molecule has 0 radical (unpaired) electrons. The minimum atomic E-state index is -5.35. The lowest BCUT2D eigenvalue weighted by Crippen LogP contribution is -2.23. The van der Waals surface area contributed by atoms with Crippen LogP contribution in [0.1, 0.15) is 6.92 Å². The molecule has 0 heterocycles. The van der Waals surface area contributed by atoms with Gasteiger partial charge in [0.25, 0.3) is 9.84 Å². The van der Waals surface area contributed by atoms with Crippen LogP contribution >= 0.6 is 11.8 Å². The summed E-state index contributed by atoms with van der Waals surface area (Å²) in [6.45, 7) is 1.61. The van der Waals surface area contributed by atoms with Crippen molar-refractivity contribution in [3.8, 4) is 0 Å². The predicted molar refractivity (Wildman–Crippen MR) is 66.7 cm³/mol. The fourth-order valence-electron chi connectivity index (χ4n) is 1.20. The van der Waals surface area contributed by atoms with E-state index >= 15 is 0 Å². The summed E-state index contributed by atoms with van der Waals surface area (Å²) in [5, 5.41) is 8.86. The third-order valence-electron chi connectivity index (χ3n) is 2.28. The Balaban J connectivity index is 3.10. The molecular weight excluding hydrogens is 301 g/mol. The molecule has 1 atom stereocenters. The zero-order chi connectivity index (χ0) is 14.7. The van der Waals surface area contributed by atoms with Crippen molar-refractivity contribution >= 4 is 21.6 Å². The minimum Gasteiger partial charge on any atom is -0.396 e. The Morgan fingerprint density at radius 2 is 1.89 bits per heavy atom. The van der Waals surface area contributed by atoms with Crippen LogP contribution in [0.4, 0.5) is 13.2 Å². The van der Waals surface area contributed by atoms with Gasteiger partial charge in [0.2, 0.25) is 0 Å². The highest BCUT2D eigenvalue weighted by atomic mass is 32.2. The summed E-state index contributed by atoms with van der Waals surface area (Å²) in [5.74, 6) is 0.201. The molecule has 1 unspecified atom stereocenters. The Kier molecular flexibility index (Phi) is 5.28. The summed E-state index contributed by atoms with van der Waals surface area (Å²) in [4.78, 5) is -0.697. The molecule has 0 saturated heterocycles. The first-order chi connectivity index (χ1) is 8.70. The van der Waals surface area contributed by atoms with Crippen LogP contribution in [0.15, 0.2) is 34.1 Å². The van der Waals surface area contributed by atoms with Gasteiger partial charge in [-0.15, -0.1) is 11.8 Å². The van der Waals surface area contributed by atoms with Crippen LogP contribution in [0.2, 0.25) is 0 Å². The highest BCUT2D eigenvalue weighted by Crippen LogP contribution is 2.36. The van der Waals surface area contributed by atoms with Gasteiger partial charge >= 0.3 is 5.51 Å². The van der Waals surface area contributed by atoms with Crippen molar-refractivity contribution in [3.63, 3.8) is 0 Å². The number of benzene rings is 1. The molecule has 108 valence electrons. The van der Waals surface area contributed by atoms with E-state index in [4.69, 9.17) is 5.11 Å². The molecule has 0 aromatic heterocycles. The van der Waals surface area contributed by atoms with E-state index in [9.17, 15) is 21.6 Å². The second-order valence-electron chi connectivity index (χ2n) is 3.99. The number of sulfone groups is 1. The van der Waals surface area contributed by atoms with Crippen molar-refractivity contribution in [2.24, 2.45) is 5.92 Å². The van der Waals surface area contributed by atoms with Gasteiger partial charge in [-0.05, 0) is 18.1 Å². The Morgan fingerprint density at radius 1 is 1.32 bits per heavy atom. The number of hydrogen-bond acceptors (Lipinski definition) is 4. The summed E-state index contributed by atoms with van der Waals surface area (Å²) in [5.41, 5.74) is -5.31. The quantitative estimate of drug-likeness (QED) is 0.849. The van der Waals surface area contributed by atoms with Crippen LogP contribution in [0.25, 0.3) is 0 Å². The summed E-state index contributed by atoms with van der Waals surface area (Å²) < 4.78 is 60.4. The van der Waals surface area contributed by atoms with E-state index in [2.05, 4.69) is 0 Å². The number of hydrogen-bond donors (Lipinski definition) is 1. The van der Waals surface area contributed by atoms with Crippen LogP contribution in [0, 0.1) is 5.92 Å². The standard InChI is InChI=1S/C11H13F3O3S2/c1-8(6-15)7-18-9-4-2-3-5-10(9)19(16,17)11(12,13)14/h2-5,8,15H,6-7H2,1H3. The first-order valence-electron chi connectivity index (χ1n) is 5.34. The van der Waals surface area contributed by atoms with Crippen LogP contribution in [0.5, 0.6) is 0 Å². The highest BCUT2D eigenvalue weighted by Gasteiger charge is 2.47. The van der Waals surface area contributed by atoms with Gasteiger partial charge in [-0.1, -0.05) is 19.1 Å². The second kappa shape index (κ2) is 6.15. The Hall–Kier alpha value is -0.730. The van der Waals surface area contributed by atoms with Crippen LogP contribution < -0.4 is 0 Å². The van der Waals surface area contributed by atoms with E-state index in [0.717, 1.165) is 17.8 Å². The molecule has 0 fully saturated rings. The third-order valence-corrected chi connectivity index (χ3v) is 5.35. The molecule has 0 saturated carbocycles. The van der Waals surface area contributed by atoms with Crippen LogP contribution in [-0.2, 0) is 9.84 Å². The van der Waals surface area contributed by atoms with Gasteiger partial charge in [0.15, 0.2) is 0 Å². The third kappa shape index (κ3) is 3.87. The van der Waals surface area contributed by atoms with Crippen molar-refractivity contribution in [1.82, 2.24) is 0 Å². The molecule has 1 N–H and O–H groups in total. The molecule has 0 aliphatic carbocycles. The SMILES string of the molecule is CC(CO)CSc1ccccc1S(=O)(=O)C(F)(F)F. The van der Waals surface area contributed by atoms with Gasteiger partial charge in [-0.2, -0.15) is 13.2 Å². The molecule has 0 aliphatic heterocycles. The molecular formula is C11H13F3O3S2. The van der Waals surface area contributed by atoms with Crippen LogP contribution in [-0.4, -0.2) is 31.4 Å². The topological polar surface area (TPSA) is 54.4 Å². The lowest BCUT2D eigenvalue weighted by Gasteiger charge is -2.13. The van der Waals surface area contributed by atoms with Gasteiger partial charge in [-0.25, -0.2) is 8.42 Å². The largest absolute Gasteiger partial charge is 0.501 e. The number of thioether (sulfide) groups is 1. The maximum absolute atomic E-state index is 12.5. The molecule has 0 amide bonds. The van der Waals surface area contributed by atoms with Gasteiger partial charge in [-0.3, -0.25) is 0 Å². The average Bonchev–Trinajstić information content (AvgIpc) is 2.34. The Morgan fingerprint density at radius 3 is 2.42 bits per heavy atom. The molecule has 0 spiro atoms. The monoisotopic (exact) mass is 314 g/mol. The minimum absolute atomic E-state index is 0.0418. The number of halogens is 3. The van der Waals surface area contributed by atoms with E-state index in [1.807, 2.05) is 0 Å². The van der Waals surface area contributed by atoms with E-state index in [1.165, 1.54) is 18.2 Å². The van der Waals surface area contributed by atoms with E-state index in [-0.39, 0.29) is 17.4 Å². The first kappa shape index (κ1) is 16.3. The van der Waals surface area contributed by atoms with E-state index in [1.54, 1.807) is 6.92 Å². The highest BCUT2D eigenvalue weighted by molar-refractivity contribution is 8.00. The lowest BCUT2D eigenvalue weighted by molar-refractivity contribution is -0.0437. The maximum atomic E-state index is 12.5. The molecule has 19 heavy (non-hydrogen) atoms. The van der Waals surface area contributed by atoms with Crippen molar-refractivity contribution in [2.75, 3.05) is 12.4 Å². The van der Waals surface area contributed by atoms with E-state index < -0.39 is 20.2 Å². The molecule has 1 aromatic rings. The molecule has 8 heteroatoms. The fourth-order valence-corrected chi connectivity index (χ4v) is 3.50. The van der Waals surface area contributed by atoms with Gasteiger partial charge in [0, 0.05) is 17.3 Å². The predicted octanol–water partition coefficient (Wildman–Crippen LogP) is 2.70. The summed E-state index contributed by atoms with van der Waals surface area (Å²) >= 11 is 0.984. The van der Waals surface area contributed by atoms with E-state index in [0.29, 0.717) is 5.75 Å². The number of aliphatic hydroxyl groups excluding tert-OH is 1. The number of alkyl halides is 3. The fraction of sp³-hybridized carbons (Fsp3) is 0.455. The lowest BCUT2D eigenvalue weighted by atomic mass is 10.2. The molecule has 0 aliphatic rings. The van der Waals surface area contributed by atoms with Crippen molar-refractivity contribution in [1.29, 1.82) is 0 Å². The average molecular weight is 314 g/mol. The Bertz CT molecular complexity index is 526. The van der Waals surface area contributed by atoms with Gasteiger partial charge < -0.3 is 5.11 Å². The van der Waals surface area contributed by atoms with Crippen molar-refractivity contribution in [2.45, 2.75) is 22.2 Å². The van der Waals surface area contributed by atoms with Crippen molar-refractivity contribution in [3.05, 3.63) is 24.3 Å². The maximum Gasteiger partial charge on any atom is 0.501 e. The normalized spacial score (nSPS) is 14.4. The molecule has 3 nitrogen and oxygen atoms in total. The molecule has 1 aromatic carbocycles. The van der Waals surface area contributed by atoms with Gasteiger partial charge in [0.05, 0.1) is 4.90 Å². The van der Waals surface area contributed by atoms with Gasteiger partial charge in [0.1, 0.15) is 0 Å². The zero-order valence-corrected chi connectivity index (χ0v) is 11.6. The van der Waals surface area contributed by atoms with Crippen molar-refractivity contribution < 1.29 is 26.7 Å². The van der Waals surface area contributed by atoms with Crippen LogP contribution in [0.3, 0.4) is 0 Å². The summed E-state index contributed by atoms with van der Waals surface area (Å²) in [6, 6.07) is 4.99. The number of rotatable bonds is 5.